The SMILES string of the molecule is CCC1CCCCCN(C2=C(C(C)C)C(=O)OC2)C(=O)CC1. The first-order valence-corrected chi connectivity index (χ1v) is 8.75. The smallest absolute Gasteiger partial charge is 0.336 e. The first-order valence-electron chi connectivity index (χ1n) is 8.75. The Kier molecular flexibility index (Phi) is 6.04. The highest BCUT2D eigenvalue weighted by atomic mass is 16.5. The number of cyclic esters (lactones) is 1. The molecule has 0 aliphatic carbocycles. The zero-order valence-electron chi connectivity index (χ0n) is 14.2. The molecule has 0 aromatic heterocycles. The van der Waals surface area contributed by atoms with E-state index in [0.717, 1.165) is 37.9 Å². The van der Waals surface area contributed by atoms with Gasteiger partial charge in [0.2, 0.25) is 5.91 Å². The van der Waals surface area contributed by atoms with Gasteiger partial charge in [-0.3, -0.25) is 4.79 Å². The van der Waals surface area contributed by atoms with Gasteiger partial charge in [0.05, 0.1) is 11.3 Å². The molecular formula is C18H29NO3. The molecule has 2 aliphatic heterocycles. The molecule has 2 heterocycles. The summed E-state index contributed by atoms with van der Waals surface area (Å²) in [5.74, 6) is 0.661. The fraction of sp³-hybridized carbons (Fsp3) is 0.778. The number of rotatable bonds is 3. The number of nitrogens with zero attached hydrogens (tertiary/aromatic N) is 1. The van der Waals surface area contributed by atoms with Gasteiger partial charge in [0.1, 0.15) is 6.61 Å². The number of carbonyl (C=O) groups excluding carboxylic acids is 2. The van der Waals surface area contributed by atoms with Crippen molar-refractivity contribution in [2.75, 3.05) is 13.2 Å². The van der Waals surface area contributed by atoms with E-state index >= 15 is 0 Å². The van der Waals surface area contributed by atoms with Crippen molar-refractivity contribution in [3.63, 3.8) is 0 Å². The van der Waals surface area contributed by atoms with E-state index in [1.807, 2.05) is 18.7 Å². The molecule has 0 spiro atoms. The highest BCUT2D eigenvalue weighted by Gasteiger charge is 2.33. The number of ether oxygens (including phenoxy) is 1. The Morgan fingerprint density at radius 3 is 2.64 bits per heavy atom. The van der Waals surface area contributed by atoms with Gasteiger partial charge in [0.15, 0.2) is 0 Å². The number of esters is 1. The van der Waals surface area contributed by atoms with Crippen LogP contribution in [0, 0.1) is 11.8 Å². The van der Waals surface area contributed by atoms with Crippen LogP contribution in [0.2, 0.25) is 0 Å². The van der Waals surface area contributed by atoms with Gasteiger partial charge in [-0.1, -0.05) is 46.5 Å². The van der Waals surface area contributed by atoms with Crippen LogP contribution >= 0.6 is 0 Å². The quantitative estimate of drug-likeness (QED) is 0.748. The third kappa shape index (κ3) is 3.90. The summed E-state index contributed by atoms with van der Waals surface area (Å²) in [5.41, 5.74) is 1.51. The largest absolute Gasteiger partial charge is 0.456 e. The molecule has 0 bridgehead atoms. The number of hydrogen-bond acceptors (Lipinski definition) is 3. The van der Waals surface area contributed by atoms with Crippen molar-refractivity contribution in [1.82, 2.24) is 4.90 Å². The molecule has 22 heavy (non-hydrogen) atoms. The summed E-state index contributed by atoms with van der Waals surface area (Å²) >= 11 is 0. The van der Waals surface area contributed by atoms with E-state index in [4.69, 9.17) is 4.74 Å². The third-order valence-corrected chi connectivity index (χ3v) is 4.91. The van der Waals surface area contributed by atoms with Crippen LogP contribution in [0.1, 0.15) is 65.7 Å². The lowest BCUT2D eigenvalue weighted by Crippen LogP contribution is -2.33. The van der Waals surface area contributed by atoms with Crippen LogP contribution in [-0.2, 0) is 14.3 Å². The first-order chi connectivity index (χ1) is 10.5. The van der Waals surface area contributed by atoms with E-state index < -0.39 is 0 Å². The Hall–Kier alpha value is -1.32. The standard InChI is InChI=1S/C18H29NO3/c1-4-14-8-6-5-7-11-19(16(20)10-9-14)15-12-22-18(21)17(15)13(2)3/h13-14H,4-12H2,1-3H3. The Labute approximate surface area is 133 Å². The normalized spacial score (nSPS) is 24.9. The topological polar surface area (TPSA) is 46.6 Å². The lowest BCUT2D eigenvalue weighted by molar-refractivity contribution is -0.137. The van der Waals surface area contributed by atoms with Crippen LogP contribution in [0.4, 0.5) is 0 Å². The van der Waals surface area contributed by atoms with Crippen molar-refractivity contribution in [2.45, 2.75) is 65.7 Å². The molecule has 0 N–H and O–H groups in total. The Morgan fingerprint density at radius 1 is 1.18 bits per heavy atom. The van der Waals surface area contributed by atoms with Gasteiger partial charge in [-0.15, -0.1) is 0 Å². The van der Waals surface area contributed by atoms with Gasteiger partial charge in [-0.2, -0.15) is 0 Å². The third-order valence-electron chi connectivity index (χ3n) is 4.91. The minimum atomic E-state index is -0.249. The predicted octanol–water partition coefficient (Wildman–Crippen LogP) is 3.66. The summed E-state index contributed by atoms with van der Waals surface area (Å²) in [6.07, 6.45) is 7.34. The van der Waals surface area contributed by atoms with Gasteiger partial charge in [0.25, 0.3) is 0 Å². The summed E-state index contributed by atoms with van der Waals surface area (Å²) in [7, 11) is 0. The van der Waals surface area contributed by atoms with Crippen LogP contribution in [0.5, 0.6) is 0 Å². The molecule has 2 aliphatic rings. The van der Waals surface area contributed by atoms with Crippen molar-refractivity contribution in [3.8, 4) is 0 Å². The zero-order chi connectivity index (χ0) is 16.1. The molecule has 0 aromatic rings. The van der Waals surface area contributed by atoms with Gasteiger partial charge >= 0.3 is 5.97 Å². The highest BCUT2D eigenvalue weighted by molar-refractivity contribution is 5.93. The van der Waals surface area contributed by atoms with Crippen LogP contribution in [0.25, 0.3) is 0 Å². The number of amides is 1. The van der Waals surface area contributed by atoms with Gasteiger partial charge in [-0.25, -0.2) is 4.79 Å². The monoisotopic (exact) mass is 307 g/mol. The highest BCUT2D eigenvalue weighted by Crippen LogP contribution is 2.29. The van der Waals surface area contributed by atoms with Gasteiger partial charge < -0.3 is 9.64 Å². The number of carbonyl (C=O) groups is 2. The molecular weight excluding hydrogens is 278 g/mol. The molecule has 0 radical (unpaired) electrons. The minimum absolute atomic E-state index is 0.0941. The van der Waals surface area contributed by atoms with E-state index in [1.165, 1.54) is 12.8 Å². The van der Waals surface area contributed by atoms with Crippen molar-refractivity contribution < 1.29 is 14.3 Å². The second kappa shape index (κ2) is 7.80. The van der Waals surface area contributed by atoms with Crippen molar-refractivity contribution >= 4 is 11.9 Å². The van der Waals surface area contributed by atoms with Crippen molar-refractivity contribution in [2.24, 2.45) is 11.8 Å². The van der Waals surface area contributed by atoms with Crippen LogP contribution < -0.4 is 0 Å². The summed E-state index contributed by atoms with van der Waals surface area (Å²) in [5, 5.41) is 0. The molecule has 4 heteroatoms. The first kappa shape index (κ1) is 17.0. The fourth-order valence-electron chi connectivity index (χ4n) is 3.50. The van der Waals surface area contributed by atoms with Crippen molar-refractivity contribution in [1.29, 1.82) is 0 Å². The molecule has 1 saturated heterocycles. The Bertz CT molecular complexity index is 453. The lowest BCUT2D eigenvalue weighted by Gasteiger charge is -2.27. The maximum atomic E-state index is 12.7. The molecule has 1 atom stereocenters. The molecule has 1 fully saturated rings. The molecule has 1 unspecified atom stereocenters. The van der Waals surface area contributed by atoms with Crippen molar-refractivity contribution in [3.05, 3.63) is 11.3 Å². The molecule has 124 valence electrons. The maximum Gasteiger partial charge on any atom is 0.336 e. The molecule has 0 saturated carbocycles. The molecule has 4 nitrogen and oxygen atoms in total. The van der Waals surface area contributed by atoms with Crippen LogP contribution in [0.3, 0.4) is 0 Å². The Balaban J connectivity index is 2.19. The zero-order valence-corrected chi connectivity index (χ0v) is 14.2. The minimum Gasteiger partial charge on any atom is -0.456 e. The van der Waals surface area contributed by atoms with E-state index in [-0.39, 0.29) is 24.4 Å². The molecule has 0 aromatic carbocycles. The van der Waals surface area contributed by atoms with E-state index in [9.17, 15) is 9.59 Å². The van der Waals surface area contributed by atoms with E-state index in [2.05, 4.69) is 6.92 Å². The van der Waals surface area contributed by atoms with E-state index in [1.54, 1.807) is 0 Å². The average Bonchev–Trinajstić information content (AvgIpc) is 2.87. The fourth-order valence-corrected chi connectivity index (χ4v) is 3.50. The van der Waals surface area contributed by atoms with Gasteiger partial charge in [0, 0.05) is 13.0 Å². The summed E-state index contributed by atoms with van der Waals surface area (Å²) in [6.45, 7) is 7.16. The van der Waals surface area contributed by atoms with E-state index in [0.29, 0.717) is 17.9 Å². The predicted molar refractivity (Wildman–Crippen MR) is 86.0 cm³/mol. The lowest BCUT2D eigenvalue weighted by atomic mass is 9.92. The maximum absolute atomic E-state index is 12.7. The van der Waals surface area contributed by atoms with Gasteiger partial charge in [-0.05, 0) is 24.7 Å². The number of hydrogen-bond donors (Lipinski definition) is 0. The average molecular weight is 307 g/mol. The van der Waals surface area contributed by atoms with Crippen LogP contribution in [-0.4, -0.2) is 29.9 Å². The van der Waals surface area contributed by atoms with Crippen LogP contribution in [0.15, 0.2) is 11.3 Å². The Morgan fingerprint density at radius 2 is 1.95 bits per heavy atom. The summed E-state index contributed by atoms with van der Waals surface area (Å²) < 4.78 is 5.20. The second-order valence-electron chi connectivity index (χ2n) is 6.80. The second-order valence-corrected chi connectivity index (χ2v) is 6.80. The molecule has 1 amide bonds. The molecule has 2 rings (SSSR count). The summed E-state index contributed by atoms with van der Waals surface area (Å²) in [4.78, 5) is 26.5. The summed E-state index contributed by atoms with van der Waals surface area (Å²) in [6, 6.07) is 0.